The lowest BCUT2D eigenvalue weighted by atomic mass is 9.98. The molecule has 1 rings (SSSR count). The van der Waals surface area contributed by atoms with Crippen molar-refractivity contribution in [2.45, 2.75) is 108 Å². The Morgan fingerprint density at radius 3 is 1.87 bits per heavy atom. The Morgan fingerprint density at radius 2 is 1.26 bits per heavy atom. The SMILES string of the molecule is C[C@@H]1CCCCCCCCCC[C@H](O)[C@@H](O)[C@@H](O)CCC(=O)O1. The second-order valence-corrected chi connectivity index (χ2v) is 6.87. The number of ether oxygens (including phenoxy) is 1. The Kier molecular flexibility index (Phi) is 10.5. The summed E-state index contributed by atoms with van der Waals surface area (Å²) in [5.41, 5.74) is 0. The lowest BCUT2D eigenvalue weighted by Gasteiger charge is -2.23. The Labute approximate surface area is 140 Å². The molecule has 1 heterocycles. The molecule has 136 valence electrons. The van der Waals surface area contributed by atoms with Crippen molar-refractivity contribution < 1.29 is 24.9 Å². The summed E-state index contributed by atoms with van der Waals surface area (Å²) < 4.78 is 5.31. The number of carbonyl (C=O) groups excluding carboxylic acids is 1. The highest BCUT2D eigenvalue weighted by molar-refractivity contribution is 5.69. The summed E-state index contributed by atoms with van der Waals surface area (Å²) in [6, 6.07) is 0. The molecular formula is C18H34O5. The van der Waals surface area contributed by atoms with E-state index in [9.17, 15) is 20.1 Å². The van der Waals surface area contributed by atoms with Gasteiger partial charge in [-0.1, -0.05) is 44.9 Å². The Morgan fingerprint density at radius 1 is 0.783 bits per heavy atom. The number of aliphatic hydroxyl groups is 3. The van der Waals surface area contributed by atoms with Crippen molar-refractivity contribution in [2.24, 2.45) is 0 Å². The van der Waals surface area contributed by atoms with Crippen LogP contribution in [0.3, 0.4) is 0 Å². The second-order valence-electron chi connectivity index (χ2n) is 6.87. The van der Waals surface area contributed by atoms with Crippen molar-refractivity contribution in [1.82, 2.24) is 0 Å². The van der Waals surface area contributed by atoms with Crippen molar-refractivity contribution in [2.75, 3.05) is 0 Å². The molecule has 0 amide bonds. The van der Waals surface area contributed by atoms with Crippen molar-refractivity contribution in [3.8, 4) is 0 Å². The van der Waals surface area contributed by atoms with Gasteiger partial charge in [-0.05, 0) is 32.6 Å². The van der Waals surface area contributed by atoms with Crippen molar-refractivity contribution in [3.63, 3.8) is 0 Å². The van der Waals surface area contributed by atoms with E-state index < -0.39 is 18.3 Å². The van der Waals surface area contributed by atoms with E-state index in [4.69, 9.17) is 4.74 Å². The van der Waals surface area contributed by atoms with E-state index in [2.05, 4.69) is 0 Å². The molecular weight excluding hydrogens is 296 g/mol. The summed E-state index contributed by atoms with van der Waals surface area (Å²) >= 11 is 0. The van der Waals surface area contributed by atoms with Crippen molar-refractivity contribution in [3.05, 3.63) is 0 Å². The Hall–Kier alpha value is -0.650. The van der Waals surface area contributed by atoms with Crippen LogP contribution in [0.4, 0.5) is 0 Å². The van der Waals surface area contributed by atoms with Crippen LogP contribution in [-0.2, 0) is 9.53 Å². The lowest BCUT2D eigenvalue weighted by molar-refractivity contribution is -0.150. The maximum absolute atomic E-state index is 11.7. The van der Waals surface area contributed by atoms with Crippen molar-refractivity contribution in [1.29, 1.82) is 0 Å². The topological polar surface area (TPSA) is 87.0 Å². The van der Waals surface area contributed by atoms with E-state index in [0.717, 1.165) is 32.1 Å². The molecule has 0 saturated carbocycles. The van der Waals surface area contributed by atoms with Crippen molar-refractivity contribution >= 4 is 5.97 Å². The molecule has 4 atom stereocenters. The number of carbonyl (C=O) groups is 1. The molecule has 1 aliphatic heterocycles. The maximum Gasteiger partial charge on any atom is 0.306 e. The van der Waals surface area contributed by atoms with Gasteiger partial charge in [-0.15, -0.1) is 0 Å². The first-order valence-corrected chi connectivity index (χ1v) is 9.24. The minimum Gasteiger partial charge on any atom is -0.463 e. The number of hydrogen-bond donors (Lipinski definition) is 3. The van der Waals surface area contributed by atoms with Crippen LogP contribution in [0.15, 0.2) is 0 Å². The first kappa shape index (κ1) is 20.4. The quantitative estimate of drug-likeness (QED) is 0.595. The molecule has 0 aromatic heterocycles. The maximum atomic E-state index is 11.7. The molecule has 5 heteroatoms. The van der Waals surface area contributed by atoms with Gasteiger partial charge in [0.2, 0.25) is 0 Å². The summed E-state index contributed by atoms with van der Waals surface area (Å²) in [5, 5.41) is 29.8. The third kappa shape index (κ3) is 9.28. The summed E-state index contributed by atoms with van der Waals surface area (Å²) in [5.74, 6) is -0.348. The second kappa shape index (κ2) is 11.8. The molecule has 0 bridgehead atoms. The van der Waals surface area contributed by atoms with Crippen LogP contribution in [-0.4, -0.2) is 45.7 Å². The van der Waals surface area contributed by atoms with E-state index in [1.165, 1.54) is 25.7 Å². The van der Waals surface area contributed by atoms with Crippen LogP contribution in [0.25, 0.3) is 0 Å². The van der Waals surface area contributed by atoms with Gasteiger partial charge in [0.25, 0.3) is 0 Å². The zero-order valence-electron chi connectivity index (χ0n) is 14.5. The molecule has 1 aliphatic rings. The van der Waals surface area contributed by atoms with E-state index in [1.54, 1.807) is 0 Å². The molecule has 0 spiro atoms. The monoisotopic (exact) mass is 330 g/mol. The fourth-order valence-electron chi connectivity index (χ4n) is 3.05. The summed E-state index contributed by atoms with van der Waals surface area (Å²) in [6.45, 7) is 1.89. The van der Waals surface area contributed by atoms with Crippen LogP contribution in [0.2, 0.25) is 0 Å². The first-order valence-electron chi connectivity index (χ1n) is 9.24. The molecule has 0 unspecified atom stereocenters. The van der Waals surface area contributed by atoms with E-state index >= 15 is 0 Å². The van der Waals surface area contributed by atoms with E-state index in [1.807, 2.05) is 6.92 Å². The largest absolute Gasteiger partial charge is 0.463 e. The third-order valence-electron chi connectivity index (χ3n) is 4.63. The Balaban J connectivity index is 2.46. The molecule has 0 aromatic carbocycles. The first-order chi connectivity index (χ1) is 11.0. The van der Waals surface area contributed by atoms with Crippen LogP contribution in [0.5, 0.6) is 0 Å². The Bertz CT molecular complexity index is 321. The van der Waals surface area contributed by atoms with Gasteiger partial charge in [0.1, 0.15) is 6.10 Å². The molecule has 1 fully saturated rings. The number of cyclic esters (lactones) is 1. The van der Waals surface area contributed by atoms with Crippen LogP contribution in [0, 0.1) is 0 Å². The van der Waals surface area contributed by atoms with Gasteiger partial charge in [0, 0.05) is 6.42 Å². The average molecular weight is 330 g/mol. The average Bonchev–Trinajstić information content (AvgIpc) is 2.52. The normalized spacial score (nSPS) is 34.2. The number of hydrogen-bond acceptors (Lipinski definition) is 5. The smallest absolute Gasteiger partial charge is 0.306 e. The number of aliphatic hydroxyl groups excluding tert-OH is 3. The highest BCUT2D eigenvalue weighted by Crippen LogP contribution is 2.17. The van der Waals surface area contributed by atoms with Crippen LogP contribution in [0.1, 0.15) is 84.0 Å². The minimum atomic E-state index is -1.20. The number of esters is 1. The molecule has 0 radical (unpaired) electrons. The molecule has 1 saturated heterocycles. The van der Waals surface area contributed by atoms with Gasteiger partial charge in [-0.3, -0.25) is 4.79 Å². The summed E-state index contributed by atoms with van der Waals surface area (Å²) in [6.07, 6.45) is 7.14. The van der Waals surface area contributed by atoms with Gasteiger partial charge in [-0.2, -0.15) is 0 Å². The highest BCUT2D eigenvalue weighted by Gasteiger charge is 2.25. The summed E-state index contributed by atoms with van der Waals surface area (Å²) in [4.78, 5) is 11.7. The molecule has 23 heavy (non-hydrogen) atoms. The predicted molar refractivity (Wildman–Crippen MR) is 89.0 cm³/mol. The van der Waals surface area contributed by atoms with Gasteiger partial charge in [-0.25, -0.2) is 0 Å². The zero-order chi connectivity index (χ0) is 17.1. The molecule has 3 N–H and O–H groups in total. The lowest BCUT2D eigenvalue weighted by Crippen LogP contribution is -2.37. The highest BCUT2D eigenvalue weighted by atomic mass is 16.5. The number of rotatable bonds is 0. The fourth-order valence-corrected chi connectivity index (χ4v) is 3.05. The predicted octanol–water partition coefficient (Wildman–Crippen LogP) is 2.70. The van der Waals surface area contributed by atoms with E-state index in [-0.39, 0.29) is 24.9 Å². The van der Waals surface area contributed by atoms with Gasteiger partial charge >= 0.3 is 5.97 Å². The molecule has 5 nitrogen and oxygen atoms in total. The van der Waals surface area contributed by atoms with Gasteiger partial charge < -0.3 is 20.1 Å². The van der Waals surface area contributed by atoms with Crippen LogP contribution < -0.4 is 0 Å². The van der Waals surface area contributed by atoms with Gasteiger partial charge in [0.15, 0.2) is 0 Å². The van der Waals surface area contributed by atoms with Crippen LogP contribution >= 0.6 is 0 Å². The van der Waals surface area contributed by atoms with E-state index in [0.29, 0.717) is 6.42 Å². The van der Waals surface area contributed by atoms with Gasteiger partial charge in [0.05, 0.1) is 18.3 Å². The third-order valence-corrected chi connectivity index (χ3v) is 4.63. The zero-order valence-corrected chi connectivity index (χ0v) is 14.5. The molecule has 0 aromatic rings. The standard InChI is InChI=1S/C18H34O5/c1-14-10-8-6-4-2-3-5-7-9-11-15(19)18(22)16(20)12-13-17(21)23-14/h14-16,18-20,22H,2-13H2,1H3/t14-,15+,16+,18-/m1/s1. The molecule has 0 aliphatic carbocycles. The summed E-state index contributed by atoms with van der Waals surface area (Å²) in [7, 11) is 0. The fraction of sp³-hybridized carbons (Fsp3) is 0.944. The minimum absolute atomic E-state index is 0.0648.